The Morgan fingerprint density at radius 3 is 2.80 bits per heavy atom. The van der Waals surface area contributed by atoms with E-state index >= 15 is 0 Å². The first kappa shape index (κ1) is 15.2. The van der Waals surface area contributed by atoms with E-state index in [0.717, 1.165) is 23.4 Å². The van der Waals surface area contributed by atoms with Gasteiger partial charge in [-0.2, -0.15) is 4.31 Å². The number of furan rings is 1. The Kier molecular flexibility index (Phi) is 4.98. The molecule has 0 aliphatic rings. The average molecular weight is 314 g/mol. The SMILES string of the molecule is CNCCc1ccc(S(=O)(=O)N(C)Cc2ccoc2)s1. The molecule has 0 aromatic carbocycles. The quantitative estimate of drug-likeness (QED) is 0.848. The van der Waals surface area contributed by atoms with Gasteiger partial charge in [0, 0.05) is 24.0 Å². The van der Waals surface area contributed by atoms with E-state index in [0.29, 0.717) is 10.8 Å². The second-order valence-electron chi connectivity index (χ2n) is 4.47. The van der Waals surface area contributed by atoms with Crippen LogP contribution in [-0.4, -0.2) is 33.4 Å². The van der Waals surface area contributed by atoms with E-state index in [1.165, 1.54) is 21.9 Å². The number of likely N-dealkylation sites (N-methyl/N-ethyl adjacent to an activating group) is 1. The van der Waals surface area contributed by atoms with Crippen molar-refractivity contribution in [2.45, 2.75) is 17.2 Å². The molecule has 0 saturated carbocycles. The van der Waals surface area contributed by atoms with Gasteiger partial charge in [0.15, 0.2) is 0 Å². The van der Waals surface area contributed by atoms with Gasteiger partial charge in [-0.1, -0.05) is 0 Å². The fourth-order valence-corrected chi connectivity index (χ4v) is 4.48. The summed E-state index contributed by atoms with van der Waals surface area (Å²) < 4.78 is 31.6. The summed E-state index contributed by atoms with van der Waals surface area (Å²) in [5, 5.41) is 3.05. The average Bonchev–Trinajstić information content (AvgIpc) is 3.07. The second-order valence-corrected chi connectivity index (χ2v) is 7.91. The Balaban J connectivity index is 2.10. The van der Waals surface area contributed by atoms with Gasteiger partial charge in [-0.3, -0.25) is 0 Å². The molecule has 2 aromatic rings. The predicted octanol–water partition coefficient (Wildman–Crippen LogP) is 1.92. The highest BCUT2D eigenvalue weighted by Crippen LogP contribution is 2.25. The van der Waals surface area contributed by atoms with E-state index in [1.807, 2.05) is 13.1 Å². The number of nitrogens with zero attached hydrogens (tertiary/aromatic N) is 1. The Morgan fingerprint density at radius 1 is 1.35 bits per heavy atom. The van der Waals surface area contributed by atoms with Crippen LogP contribution in [0.3, 0.4) is 0 Å². The molecule has 110 valence electrons. The van der Waals surface area contributed by atoms with Gasteiger partial charge >= 0.3 is 0 Å². The summed E-state index contributed by atoms with van der Waals surface area (Å²) in [6, 6.07) is 5.32. The van der Waals surface area contributed by atoms with Crippen molar-refractivity contribution in [3.63, 3.8) is 0 Å². The molecule has 7 heteroatoms. The molecule has 2 rings (SSSR count). The third-order valence-corrected chi connectivity index (χ3v) is 6.32. The number of sulfonamides is 1. The summed E-state index contributed by atoms with van der Waals surface area (Å²) in [4.78, 5) is 1.06. The van der Waals surface area contributed by atoms with Crippen molar-refractivity contribution in [3.8, 4) is 0 Å². The molecule has 0 bridgehead atoms. The van der Waals surface area contributed by atoms with Crippen molar-refractivity contribution in [2.75, 3.05) is 20.6 Å². The van der Waals surface area contributed by atoms with Crippen LogP contribution in [0.25, 0.3) is 0 Å². The summed E-state index contributed by atoms with van der Waals surface area (Å²) >= 11 is 1.33. The number of hydrogen-bond donors (Lipinski definition) is 1. The molecule has 0 atom stereocenters. The number of nitrogens with one attached hydrogen (secondary N) is 1. The zero-order chi connectivity index (χ0) is 14.6. The number of thiophene rings is 1. The van der Waals surface area contributed by atoms with Gasteiger partial charge in [0.25, 0.3) is 10.0 Å². The second kappa shape index (κ2) is 6.53. The van der Waals surface area contributed by atoms with Crippen LogP contribution >= 0.6 is 11.3 Å². The maximum Gasteiger partial charge on any atom is 0.252 e. The lowest BCUT2D eigenvalue weighted by atomic mass is 10.3. The molecule has 0 amide bonds. The lowest BCUT2D eigenvalue weighted by Crippen LogP contribution is -2.25. The third-order valence-electron chi connectivity index (χ3n) is 2.91. The van der Waals surface area contributed by atoms with Crippen molar-refractivity contribution in [3.05, 3.63) is 41.2 Å². The zero-order valence-electron chi connectivity index (χ0n) is 11.5. The van der Waals surface area contributed by atoms with Crippen LogP contribution in [0, 0.1) is 0 Å². The highest BCUT2D eigenvalue weighted by atomic mass is 32.2. The van der Waals surface area contributed by atoms with Crippen molar-refractivity contribution >= 4 is 21.4 Å². The van der Waals surface area contributed by atoms with E-state index in [-0.39, 0.29) is 0 Å². The van der Waals surface area contributed by atoms with Crippen LogP contribution in [-0.2, 0) is 23.0 Å². The first-order chi connectivity index (χ1) is 9.54. The molecule has 0 aliphatic carbocycles. The normalized spacial score (nSPS) is 12.2. The third kappa shape index (κ3) is 3.49. The van der Waals surface area contributed by atoms with Gasteiger partial charge in [0.05, 0.1) is 12.5 Å². The van der Waals surface area contributed by atoms with E-state index < -0.39 is 10.0 Å². The Hall–Kier alpha value is -1.15. The van der Waals surface area contributed by atoms with Gasteiger partial charge in [0.2, 0.25) is 0 Å². The highest BCUT2D eigenvalue weighted by Gasteiger charge is 2.23. The molecule has 0 radical (unpaired) electrons. The fourth-order valence-electron chi connectivity index (χ4n) is 1.76. The molecule has 2 aromatic heterocycles. The fraction of sp³-hybridized carbons (Fsp3) is 0.385. The first-order valence-corrected chi connectivity index (χ1v) is 8.50. The van der Waals surface area contributed by atoms with Gasteiger partial charge in [-0.05, 0) is 38.2 Å². The molecule has 5 nitrogen and oxygen atoms in total. The van der Waals surface area contributed by atoms with E-state index in [4.69, 9.17) is 4.42 Å². The smallest absolute Gasteiger partial charge is 0.252 e. The number of hydrogen-bond acceptors (Lipinski definition) is 5. The molecule has 0 aliphatic heterocycles. The zero-order valence-corrected chi connectivity index (χ0v) is 13.1. The standard InChI is InChI=1S/C13H18N2O3S2/c1-14-7-5-12-3-4-13(19-12)20(16,17)15(2)9-11-6-8-18-10-11/h3-4,6,8,10,14H,5,7,9H2,1-2H3. The van der Waals surface area contributed by atoms with Crippen LogP contribution in [0.15, 0.2) is 39.4 Å². The summed E-state index contributed by atoms with van der Waals surface area (Å²) in [7, 11) is 0.0281. The first-order valence-electron chi connectivity index (χ1n) is 6.25. The van der Waals surface area contributed by atoms with Crippen LogP contribution in [0.2, 0.25) is 0 Å². The minimum absolute atomic E-state index is 0.308. The van der Waals surface area contributed by atoms with Crippen LogP contribution in [0.5, 0.6) is 0 Å². The number of rotatable bonds is 7. The lowest BCUT2D eigenvalue weighted by Gasteiger charge is -2.14. The van der Waals surface area contributed by atoms with Gasteiger partial charge < -0.3 is 9.73 Å². The minimum atomic E-state index is -3.43. The van der Waals surface area contributed by atoms with Crippen molar-refractivity contribution in [1.29, 1.82) is 0 Å². The summed E-state index contributed by atoms with van der Waals surface area (Å²) in [5.74, 6) is 0. The predicted molar refractivity (Wildman–Crippen MR) is 79.3 cm³/mol. The van der Waals surface area contributed by atoms with Gasteiger partial charge in [0.1, 0.15) is 4.21 Å². The molecular formula is C13H18N2O3S2. The molecule has 20 heavy (non-hydrogen) atoms. The summed E-state index contributed by atoms with van der Waals surface area (Å²) in [6.45, 7) is 1.15. The van der Waals surface area contributed by atoms with E-state index in [1.54, 1.807) is 25.4 Å². The van der Waals surface area contributed by atoms with E-state index in [9.17, 15) is 8.42 Å². The highest BCUT2D eigenvalue weighted by molar-refractivity contribution is 7.91. The van der Waals surface area contributed by atoms with Gasteiger partial charge in [-0.15, -0.1) is 11.3 Å². The molecule has 0 unspecified atom stereocenters. The van der Waals surface area contributed by atoms with Crippen LogP contribution in [0.4, 0.5) is 0 Å². The topological polar surface area (TPSA) is 62.6 Å². The van der Waals surface area contributed by atoms with Crippen molar-refractivity contribution in [2.24, 2.45) is 0 Å². The molecule has 0 spiro atoms. The Bertz CT molecular complexity index is 632. The molecule has 0 saturated heterocycles. The Morgan fingerprint density at radius 2 is 2.15 bits per heavy atom. The van der Waals surface area contributed by atoms with Crippen LogP contribution in [0.1, 0.15) is 10.4 Å². The van der Waals surface area contributed by atoms with E-state index in [2.05, 4.69) is 5.32 Å². The Labute approximate surface area is 123 Å². The summed E-state index contributed by atoms with van der Waals surface area (Å²) in [5.41, 5.74) is 0.836. The largest absolute Gasteiger partial charge is 0.472 e. The van der Waals surface area contributed by atoms with Gasteiger partial charge in [-0.25, -0.2) is 8.42 Å². The lowest BCUT2D eigenvalue weighted by molar-refractivity contribution is 0.465. The molecule has 0 fully saturated rings. The molecule has 2 heterocycles. The van der Waals surface area contributed by atoms with Crippen LogP contribution < -0.4 is 5.32 Å². The van der Waals surface area contributed by atoms with Crippen molar-refractivity contribution in [1.82, 2.24) is 9.62 Å². The maximum atomic E-state index is 12.4. The minimum Gasteiger partial charge on any atom is -0.472 e. The van der Waals surface area contributed by atoms with Crippen molar-refractivity contribution < 1.29 is 12.8 Å². The summed E-state index contributed by atoms with van der Waals surface area (Å²) in [6.07, 6.45) is 3.93. The molecule has 1 N–H and O–H groups in total. The molecular weight excluding hydrogens is 296 g/mol. The monoisotopic (exact) mass is 314 g/mol. The maximum absolute atomic E-state index is 12.4.